The van der Waals surface area contributed by atoms with Crippen molar-refractivity contribution in [2.45, 2.75) is 20.0 Å². The number of imidazole rings is 1. The van der Waals surface area contributed by atoms with E-state index in [9.17, 15) is 0 Å². The molecule has 2 N–H and O–H groups in total. The maximum absolute atomic E-state index is 4.30. The minimum absolute atomic E-state index is 0.432. The summed E-state index contributed by atoms with van der Waals surface area (Å²) in [7, 11) is 0. The number of aromatic nitrogens is 8. The molecule has 3 aromatic rings. The van der Waals surface area contributed by atoms with Gasteiger partial charge in [-0.25, -0.2) is 15.0 Å². The van der Waals surface area contributed by atoms with Crippen LogP contribution in [-0.2, 0) is 13.1 Å². The Bertz CT molecular complexity index is 641. The lowest BCUT2D eigenvalue weighted by molar-refractivity contribution is 0.777. The van der Waals surface area contributed by atoms with E-state index in [-0.39, 0.29) is 0 Å². The summed E-state index contributed by atoms with van der Waals surface area (Å²) < 4.78 is 1.95. The number of rotatable bonds is 4. The van der Waals surface area contributed by atoms with Crippen molar-refractivity contribution in [3.8, 4) is 0 Å². The summed E-state index contributed by atoms with van der Waals surface area (Å²) in [5.41, 5.74) is 1.55. The minimum Gasteiger partial charge on any atom is -0.361 e. The molecule has 0 radical (unpaired) electrons. The molecule has 0 aliphatic rings. The number of hydrogen-bond donors (Lipinski definition) is 2. The third kappa shape index (κ3) is 1.75. The molecule has 18 heavy (non-hydrogen) atoms. The Morgan fingerprint density at radius 2 is 2.28 bits per heavy atom. The topological polar surface area (TPSA) is 110 Å². The molecule has 0 bridgehead atoms. The molecule has 9 heteroatoms. The molecule has 0 aliphatic heterocycles. The summed E-state index contributed by atoms with van der Waals surface area (Å²) in [4.78, 5) is 12.7. The van der Waals surface area contributed by atoms with Crippen molar-refractivity contribution < 1.29 is 0 Å². The lowest BCUT2D eigenvalue weighted by Crippen LogP contribution is -2.04. The van der Waals surface area contributed by atoms with E-state index in [0.29, 0.717) is 18.2 Å². The molecular weight excluding hydrogens is 234 g/mol. The van der Waals surface area contributed by atoms with Crippen molar-refractivity contribution in [1.29, 1.82) is 0 Å². The average Bonchev–Trinajstić information content (AvgIpc) is 3.05. The van der Waals surface area contributed by atoms with Gasteiger partial charge >= 0.3 is 0 Å². The van der Waals surface area contributed by atoms with Crippen LogP contribution in [0.15, 0.2) is 12.7 Å². The Balaban J connectivity index is 1.90. The molecule has 92 valence electrons. The molecule has 0 saturated carbocycles. The van der Waals surface area contributed by atoms with Crippen molar-refractivity contribution >= 4 is 17.0 Å². The maximum atomic E-state index is 4.30. The molecule has 0 fully saturated rings. The second-order valence-electron chi connectivity index (χ2n) is 3.61. The highest BCUT2D eigenvalue weighted by Gasteiger charge is 2.09. The summed E-state index contributed by atoms with van der Waals surface area (Å²) in [5.74, 6) is 1.23. The quantitative estimate of drug-likeness (QED) is 0.664. The third-order valence-corrected chi connectivity index (χ3v) is 2.55. The molecular formula is C9H11N9. The molecule has 3 aromatic heterocycles. The number of nitrogens with one attached hydrogen (secondary N) is 2. The Kier molecular flexibility index (Phi) is 2.56. The van der Waals surface area contributed by atoms with Gasteiger partial charge in [0.1, 0.15) is 11.8 Å². The Hall–Kier alpha value is -2.58. The van der Waals surface area contributed by atoms with E-state index in [4.69, 9.17) is 0 Å². The zero-order valence-electron chi connectivity index (χ0n) is 9.70. The monoisotopic (exact) mass is 245 g/mol. The fourth-order valence-electron chi connectivity index (χ4n) is 1.66. The first kappa shape index (κ1) is 10.6. The molecule has 0 aliphatic carbocycles. The van der Waals surface area contributed by atoms with Gasteiger partial charge in [0.05, 0.1) is 12.9 Å². The van der Waals surface area contributed by atoms with Gasteiger partial charge in [-0.1, -0.05) is 5.21 Å². The predicted molar refractivity (Wildman–Crippen MR) is 62.5 cm³/mol. The molecule has 0 unspecified atom stereocenters. The van der Waals surface area contributed by atoms with Crippen molar-refractivity contribution in [1.82, 2.24) is 40.1 Å². The van der Waals surface area contributed by atoms with Crippen LogP contribution in [-0.4, -0.2) is 40.1 Å². The van der Waals surface area contributed by atoms with Gasteiger partial charge in [0.25, 0.3) is 0 Å². The summed E-state index contributed by atoms with van der Waals surface area (Å²) in [6.07, 6.45) is 3.26. The molecule has 3 rings (SSSR count). The second-order valence-corrected chi connectivity index (χ2v) is 3.61. The summed E-state index contributed by atoms with van der Waals surface area (Å²) in [6.45, 7) is 3.29. The summed E-state index contributed by atoms with van der Waals surface area (Å²) in [5, 5.41) is 16.7. The molecule has 9 nitrogen and oxygen atoms in total. The van der Waals surface area contributed by atoms with E-state index in [1.807, 2.05) is 11.5 Å². The van der Waals surface area contributed by atoms with Crippen LogP contribution in [0.3, 0.4) is 0 Å². The summed E-state index contributed by atoms with van der Waals surface area (Å²) in [6, 6.07) is 0. The van der Waals surface area contributed by atoms with Crippen LogP contribution >= 0.6 is 0 Å². The lowest BCUT2D eigenvalue weighted by Gasteiger charge is -2.03. The summed E-state index contributed by atoms with van der Waals surface area (Å²) >= 11 is 0. The van der Waals surface area contributed by atoms with E-state index >= 15 is 0 Å². The maximum Gasteiger partial charge on any atom is 0.193 e. The van der Waals surface area contributed by atoms with Gasteiger partial charge in [-0.05, 0) is 6.92 Å². The third-order valence-electron chi connectivity index (χ3n) is 2.55. The van der Waals surface area contributed by atoms with Crippen LogP contribution < -0.4 is 5.32 Å². The van der Waals surface area contributed by atoms with Gasteiger partial charge in [0, 0.05) is 6.54 Å². The number of aromatic amines is 1. The number of anilines is 1. The van der Waals surface area contributed by atoms with E-state index in [0.717, 1.165) is 17.7 Å². The van der Waals surface area contributed by atoms with E-state index in [2.05, 4.69) is 40.9 Å². The van der Waals surface area contributed by atoms with Gasteiger partial charge < -0.3 is 9.88 Å². The Morgan fingerprint density at radius 1 is 1.33 bits per heavy atom. The molecule has 3 heterocycles. The number of fused-ring (bicyclic) bond motifs is 1. The first-order valence-corrected chi connectivity index (χ1v) is 5.50. The van der Waals surface area contributed by atoms with Crippen molar-refractivity contribution in [2.24, 2.45) is 0 Å². The predicted octanol–water partition coefficient (Wildman–Crippen LogP) is -0.0286. The molecule has 0 atom stereocenters. The van der Waals surface area contributed by atoms with Gasteiger partial charge in [0.2, 0.25) is 0 Å². The SMILES string of the molecule is CCn1cnc2c(NCc3nn[nH]n3)ncnc21. The zero-order valence-corrected chi connectivity index (χ0v) is 9.70. The highest BCUT2D eigenvalue weighted by molar-refractivity contribution is 5.82. The zero-order chi connectivity index (χ0) is 12.4. The van der Waals surface area contributed by atoms with Crippen molar-refractivity contribution in [3.63, 3.8) is 0 Å². The minimum atomic E-state index is 0.432. The lowest BCUT2D eigenvalue weighted by atomic mass is 10.4. The molecule has 0 spiro atoms. The highest BCUT2D eigenvalue weighted by atomic mass is 15.5. The van der Waals surface area contributed by atoms with Gasteiger partial charge in [-0.3, -0.25) is 0 Å². The highest BCUT2D eigenvalue weighted by Crippen LogP contribution is 2.17. The molecule has 0 saturated heterocycles. The number of hydrogen-bond acceptors (Lipinski definition) is 7. The van der Waals surface area contributed by atoms with E-state index < -0.39 is 0 Å². The fourth-order valence-corrected chi connectivity index (χ4v) is 1.66. The number of aryl methyl sites for hydroxylation is 1. The Morgan fingerprint density at radius 3 is 3.06 bits per heavy atom. The smallest absolute Gasteiger partial charge is 0.193 e. The van der Waals surface area contributed by atoms with Crippen molar-refractivity contribution in [3.05, 3.63) is 18.5 Å². The first-order valence-electron chi connectivity index (χ1n) is 5.50. The number of nitrogens with zero attached hydrogens (tertiary/aromatic N) is 7. The van der Waals surface area contributed by atoms with Gasteiger partial charge in [0.15, 0.2) is 17.3 Å². The van der Waals surface area contributed by atoms with Crippen LogP contribution in [0.4, 0.5) is 5.82 Å². The standard InChI is InChI=1S/C9H11N9/c1-2-18-5-13-7-8(11-4-12-9(7)18)10-3-6-14-16-17-15-6/h4-5H,2-3H2,1H3,(H,10,11,12)(H,14,15,16,17). The van der Waals surface area contributed by atoms with Crippen LogP contribution in [0.1, 0.15) is 12.7 Å². The van der Waals surface area contributed by atoms with Crippen LogP contribution in [0.25, 0.3) is 11.2 Å². The number of tetrazole rings is 1. The van der Waals surface area contributed by atoms with Gasteiger partial charge in [-0.15, -0.1) is 10.2 Å². The molecule has 0 amide bonds. The molecule has 0 aromatic carbocycles. The van der Waals surface area contributed by atoms with Gasteiger partial charge in [-0.2, -0.15) is 5.21 Å². The number of H-pyrrole nitrogens is 1. The first-order chi connectivity index (χ1) is 8.88. The fraction of sp³-hybridized carbons (Fsp3) is 0.333. The van der Waals surface area contributed by atoms with E-state index in [1.165, 1.54) is 6.33 Å². The van der Waals surface area contributed by atoms with Crippen LogP contribution in [0, 0.1) is 0 Å². The largest absolute Gasteiger partial charge is 0.361 e. The van der Waals surface area contributed by atoms with E-state index in [1.54, 1.807) is 6.33 Å². The van der Waals surface area contributed by atoms with Crippen LogP contribution in [0.5, 0.6) is 0 Å². The van der Waals surface area contributed by atoms with Crippen molar-refractivity contribution in [2.75, 3.05) is 5.32 Å². The normalized spacial score (nSPS) is 10.9. The van der Waals surface area contributed by atoms with Crippen LogP contribution in [0.2, 0.25) is 0 Å². The second kappa shape index (κ2) is 4.35. The average molecular weight is 245 g/mol. The Labute approximate surface area is 102 Å².